The van der Waals surface area contributed by atoms with Crippen molar-refractivity contribution >= 4 is 87.7 Å². The Morgan fingerprint density at radius 3 is 0.899 bits per heavy atom. The van der Waals surface area contributed by atoms with Crippen LogP contribution in [0.1, 0.15) is 37.5 Å². The summed E-state index contributed by atoms with van der Waals surface area (Å²) >= 11 is 18.2. The Balaban J connectivity index is 0.000000153. The van der Waals surface area contributed by atoms with Crippen molar-refractivity contribution in [3.05, 3.63) is 159 Å². The van der Waals surface area contributed by atoms with Gasteiger partial charge in [0.05, 0.1) is 36.7 Å². The number of benzene rings is 6. The molecule has 6 aromatic rings. The fourth-order valence-corrected chi connectivity index (χ4v) is 7.36. The number of ether oxygens (including phenoxy) is 3. The van der Waals surface area contributed by atoms with E-state index in [-0.39, 0.29) is 37.4 Å². The molecule has 0 aliphatic carbocycles. The lowest BCUT2D eigenvalue weighted by Crippen LogP contribution is -2.48. The number of nitrogens with one attached hydrogen (secondary N) is 6. The van der Waals surface area contributed by atoms with Crippen molar-refractivity contribution in [1.82, 2.24) is 32.6 Å². The monoisotopic (exact) mass is 993 g/mol. The van der Waals surface area contributed by atoms with Crippen LogP contribution in [0.5, 0.6) is 34.5 Å². The first-order chi connectivity index (χ1) is 33.1. The van der Waals surface area contributed by atoms with E-state index >= 15 is 0 Å². The number of carbonyl (C=O) groups excluding carboxylic acids is 6. The number of fused-ring (bicyclic) bond motifs is 6. The van der Waals surface area contributed by atoms with Crippen LogP contribution in [0.3, 0.4) is 0 Å². The van der Waals surface area contributed by atoms with Crippen LogP contribution in [0.25, 0.3) is 0 Å². The molecule has 9 rings (SSSR count). The zero-order valence-corrected chi connectivity index (χ0v) is 39.2. The Kier molecular flexibility index (Phi) is 15.6. The first-order valence-corrected chi connectivity index (χ1v) is 21.9. The third-order valence-corrected chi connectivity index (χ3v) is 10.7. The summed E-state index contributed by atoms with van der Waals surface area (Å²) in [5.74, 6) is 2.46. The van der Waals surface area contributed by atoms with Crippen molar-refractivity contribution < 1.29 is 43.0 Å². The van der Waals surface area contributed by atoms with Gasteiger partial charge in [0.2, 0.25) is 17.7 Å². The molecular weight excluding hydrogens is 953 g/mol. The van der Waals surface area contributed by atoms with Gasteiger partial charge in [-0.05, 0) is 72.8 Å². The van der Waals surface area contributed by atoms with Crippen LogP contribution in [-0.2, 0) is 34.0 Å². The minimum absolute atomic E-state index is 0.287. The first kappa shape index (κ1) is 48.7. The molecule has 0 spiro atoms. The highest BCUT2D eigenvalue weighted by atomic mass is 35.5. The largest absolute Gasteiger partial charge is 0.455 e. The average Bonchev–Trinajstić information content (AvgIpc) is 3.68. The Morgan fingerprint density at radius 2 is 0.638 bits per heavy atom. The fraction of sp³-hybridized carbons (Fsp3) is 0.125. The molecule has 0 atom stereocenters. The van der Waals surface area contributed by atoms with Crippen molar-refractivity contribution in [2.45, 2.75) is 40.4 Å². The van der Waals surface area contributed by atoms with Crippen molar-refractivity contribution in [2.24, 2.45) is 0 Å². The molecule has 3 aliphatic heterocycles. The number of urea groups is 3. The van der Waals surface area contributed by atoms with Gasteiger partial charge in [-0.15, -0.1) is 0 Å². The molecule has 0 bridgehead atoms. The van der Waals surface area contributed by atoms with E-state index in [0.717, 1.165) is 16.7 Å². The van der Waals surface area contributed by atoms with Gasteiger partial charge in [0.15, 0.2) is 17.2 Å². The number of rotatable bonds is 0. The highest BCUT2D eigenvalue weighted by molar-refractivity contribution is 6.31. The summed E-state index contributed by atoms with van der Waals surface area (Å²) in [7, 11) is 0. The zero-order chi connectivity index (χ0) is 49.2. The lowest BCUT2D eigenvalue weighted by molar-refractivity contribution is -0.120. The molecule has 69 heavy (non-hydrogen) atoms. The molecule has 0 aromatic heterocycles. The van der Waals surface area contributed by atoms with Crippen LogP contribution >= 0.6 is 34.8 Å². The van der Waals surface area contributed by atoms with E-state index < -0.39 is 18.1 Å². The molecule has 354 valence electrons. The number of hydrogen-bond acceptors (Lipinski definition) is 9. The predicted molar refractivity (Wildman–Crippen MR) is 259 cm³/mol. The number of carbonyl (C=O) groups is 6. The topological polar surface area (TPSA) is 212 Å². The maximum absolute atomic E-state index is 12.4. The average molecular weight is 995 g/mol. The first-order valence-electron chi connectivity index (χ1n) is 20.8. The smallest absolute Gasteiger partial charge is 0.341 e. The maximum Gasteiger partial charge on any atom is 0.341 e. The zero-order valence-electron chi connectivity index (χ0n) is 36.9. The number of halogens is 3. The summed E-state index contributed by atoms with van der Waals surface area (Å²) < 4.78 is 17.7. The van der Waals surface area contributed by atoms with Gasteiger partial charge in [-0.25, -0.2) is 30.7 Å². The fourth-order valence-electron chi connectivity index (χ4n) is 6.86. The van der Waals surface area contributed by atoms with E-state index in [9.17, 15) is 28.8 Å². The number of nitrogens with zero attached hydrogens (tertiary/aromatic N) is 3. The van der Waals surface area contributed by atoms with Gasteiger partial charge in [0.1, 0.15) is 17.2 Å². The van der Waals surface area contributed by atoms with Crippen LogP contribution in [0.15, 0.2) is 127 Å². The third-order valence-electron chi connectivity index (χ3n) is 9.97. The molecule has 6 N–H and O–H groups in total. The second-order valence-corrected chi connectivity index (χ2v) is 16.4. The van der Waals surface area contributed by atoms with Gasteiger partial charge >= 0.3 is 18.1 Å². The van der Waals surface area contributed by atoms with E-state index in [1.54, 1.807) is 54.6 Å². The molecule has 21 heteroatoms. The minimum atomic E-state index is -0.482. The normalized spacial score (nSPS) is 12.3. The second kappa shape index (κ2) is 22.1. The lowest BCUT2D eigenvalue weighted by Gasteiger charge is -2.22. The summed E-state index contributed by atoms with van der Waals surface area (Å²) in [4.78, 5) is 74.7. The van der Waals surface area contributed by atoms with E-state index in [1.807, 2.05) is 72.8 Å². The van der Waals surface area contributed by atoms with E-state index in [2.05, 4.69) is 32.6 Å². The van der Waals surface area contributed by atoms with Crippen LogP contribution in [0.2, 0.25) is 15.1 Å². The number of amides is 9. The molecule has 3 heterocycles. The Labute approximate surface area is 410 Å². The Bertz CT molecular complexity index is 2650. The van der Waals surface area contributed by atoms with Gasteiger partial charge in [-0.1, -0.05) is 89.4 Å². The van der Waals surface area contributed by atoms with Crippen LogP contribution in [-0.4, -0.2) is 35.8 Å². The van der Waals surface area contributed by atoms with E-state index in [0.29, 0.717) is 66.6 Å². The number of hydrazine groups is 3. The lowest BCUT2D eigenvalue weighted by atomic mass is 10.2. The predicted octanol–water partition coefficient (Wildman–Crippen LogP) is 9.64. The highest BCUT2D eigenvalue weighted by Gasteiger charge is 2.29. The van der Waals surface area contributed by atoms with Gasteiger partial charge in [0.25, 0.3) is 0 Å². The molecule has 0 saturated carbocycles. The molecule has 18 nitrogen and oxygen atoms in total. The van der Waals surface area contributed by atoms with Gasteiger partial charge in [0, 0.05) is 52.5 Å². The van der Waals surface area contributed by atoms with Crippen molar-refractivity contribution in [3.8, 4) is 34.5 Å². The maximum atomic E-state index is 12.4. The summed E-state index contributed by atoms with van der Waals surface area (Å²) in [5, 5.41) is 1.45. The van der Waals surface area contributed by atoms with E-state index in [1.165, 1.54) is 35.5 Å². The van der Waals surface area contributed by atoms with Crippen molar-refractivity contribution in [3.63, 3.8) is 0 Å². The standard InChI is InChI=1S/3C16H14ClN3O3/c3*1-10(21)18-19-16(22)20-9-11-4-2-3-5-14(11)23-15-7-6-12(17)8-13(15)20/h3*2-8H,9H2,1H3,(H,18,21)(H,19,22). The van der Waals surface area contributed by atoms with Gasteiger partial charge in [-0.2, -0.15) is 0 Å². The van der Waals surface area contributed by atoms with E-state index in [4.69, 9.17) is 49.0 Å². The number of para-hydroxylation sites is 3. The Hall–Kier alpha value is -8.19. The highest BCUT2D eigenvalue weighted by Crippen LogP contribution is 2.43. The summed E-state index contributed by atoms with van der Waals surface area (Å²) in [6, 6.07) is 36.0. The third kappa shape index (κ3) is 12.4. The van der Waals surface area contributed by atoms with Crippen LogP contribution in [0.4, 0.5) is 31.4 Å². The molecule has 0 unspecified atom stereocenters. The van der Waals surface area contributed by atoms with Gasteiger partial charge < -0.3 is 14.2 Å². The van der Waals surface area contributed by atoms with Crippen LogP contribution < -0.4 is 61.5 Å². The summed E-state index contributed by atoms with van der Waals surface area (Å²) in [6.07, 6.45) is 0. The SMILES string of the molecule is CC(=O)NNC(=O)N1Cc2ccccc2Oc2ccc(Cl)cc21.CC(=O)NNC(=O)N1Cc2ccccc2Oc2ccc(Cl)cc21.CC(=O)NNC(=O)N1Cc2ccccc2Oc2ccc(Cl)cc21. The number of hydrogen-bond donors (Lipinski definition) is 6. The van der Waals surface area contributed by atoms with Gasteiger partial charge in [-0.3, -0.25) is 45.4 Å². The van der Waals surface area contributed by atoms with Crippen LogP contribution in [0, 0.1) is 0 Å². The molecule has 0 radical (unpaired) electrons. The van der Waals surface area contributed by atoms with Crippen molar-refractivity contribution in [1.29, 1.82) is 0 Å². The molecule has 0 saturated heterocycles. The minimum Gasteiger partial charge on any atom is -0.455 e. The second-order valence-electron chi connectivity index (χ2n) is 15.1. The molecule has 0 fully saturated rings. The Morgan fingerprint density at radius 1 is 0.377 bits per heavy atom. The molecule has 9 amide bonds. The summed E-state index contributed by atoms with van der Waals surface area (Å²) in [6.45, 7) is 4.79. The molecule has 3 aliphatic rings. The molecule has 6 aromatic carbocycles. The quantitative estimate of drug-likeness (QED) is 0.0799. The number of anilines is 3. The molecular formula is C48H42Cl3N9O9. The van der Waals surface area contributed by atoms with Crippen molar-refractivity contribution in [2.75, 3.05) is 14.7 Å². The summed E-state index contributed by atoms with van der Waals surface area (Å²) in [5.41, 5.74) is 18.0.